The van der Waals surface area contributed by atoms with Crippen molar-refractivity contribution >= 4 is 0 Å². The van der Waals surface area contributed by atoms with Gasteiger partial charge in [0, 0.05) is 12.2 Å². The molecule has 0 unspecified atom stereocenters. The quantitative estimate of drug-likeness (QED) is 0.715. The van der Waals surface area contributed by atoms with Crippen LogP contribution in [0.25, 0.3) is 0 Å². The predicted molar refractivity (Wildman–Crippen MR) is 56.9 cm³/mol. The highest BCUT2D eigenvalue weighted by Crippen LogP contribution is 2.28. The Kier molecular flexibility index (Phi) is 2.90. The van der Waals surface area contributed by atoms with Gasteiger partial charge in [-0.2, -0.15) is 5.10 Å². The molecule has 0 saturated heterocycles. The maximum absolute atomic E-state index is 4.28. The van der Waals surface area contributed by atoms with Gasteiger partial charge in [-0.3, -0.25) is 4.68 Å². The zero-order chi connectivity index (χ0) is 9.97. The summed E-state index contributed by atoms with van der Waals surface area (Å²) in [5.74, 6) is 1.59. The van der Waals surface area contributed by atoms with E-state index in [-0.39, 0.29) is 0 Å². The first-order chi connectivity index (χ1) is 6.75. The van der Waals surface area contributed by atoms with E-state index in [1.165, 1.54) is 25.0 Å². The van der Waals surface area contributed by atoms with E-state index >= 15 is 0 Å². The average Bonchev–Trinajstić information content (AvgIpc) is 2.44. The molecule has 1 aromatic rings. The third kappa shape index (κ3) is 2.17. The first kappa shape index (κ1) is 9.75. The van der Waals surface area contributed by atoms with Crippen molar-refractivity contribution in [3.05, 3.63) is 18.0 Å². The summed E-state index contributed by atoms with van der Waals surface area (Å²) in [6, 6.07) is 2.04. The van der Waals surface area contributed by atoms with Gasteiger partial charge in [0.05, 0.1) is 0 Å². The second kappa shape index (κ2) is 4.16. The van der Waals surface area contributed by atoms with Crippen LogP contribution in [0.3, 0.4) is 0 Å². The second-order valence-electron chi connectivity index (χ2n) is 4.84. The highest BCUT2D eigenvalue weighted by Gasteiger charge is 2.19. The lowest BCUT2D eigenvalue weighted by Gasteiger charge is -2.26. The number of aromatic nitrogens is 2. The number of rotatable bonds is 4. The molecule has 1 aromatic heterocycles. The largest absolute Gasteiger partial charge is 0.269 e. The minimum Gasteiger partial charge on any atom is -0.269 e. The Morgan fingerprint density at radius 2 is 2.36 bits per heavy atom. The normalized spacial score (nSPS) is 17.4. The Morgan fingerprint density at radius 3 is 2.93 bits per heavy atom. The Balaban J connectivity index is 1.97. The molecule has 1 heterocycles. The Hall–Kier alpha value is -0.790. The van der Waals surface area contributed by atoms with Gasteiger partial charge >= 0.3 is 0 Å². The van der Waals surface area contributed by atoms with Gasteiger partial charge in [0.25, 0.3) is 0 Å². The minimum atomic E-state index is 0.709. The fourth-order valence-corrected chi connectivity index (χ4v) is 1.97. The van der Waals surface area contributed by atoms with Crippen molar-refractivity contribution in [1.29, 1.82) is 0 Å². The summed E-state index contributed by atoms with van der Waals surface area (Å²) in [6.45, 7) is 5.62. The monoisotopic (exact) mass is 191 g/mol. The third-order valence-electron chi connectivity index (χ3n) is 3.01. The standard InChI is InChI=1S/C12H19N2/c1-10(2)8-12-6-7-13-14(12)9-11-4-3-5-11/h6,10-11H,3-5,8-9H2,1-2H3. The smallest absolute Gasteiger partial charge is 0.113 e. The Morgan fingerprint density at radius 1 is 1.57 bits per heavy atom. The molecule has 0 atom stereocenters. The fourth-order valence-electron chi connectivity index (χ4n) is 1.97. The van der Waals surface area contributed by atoms with E-state index in [1.54, 1.807) is 0 Å². The molecule has 1 fully saturated rings. The number of nitrogens with zero attached hydrogens (tertiary/aromatic N) is 2. The van der Waals surface area contributed by atoms with Crippen LogP contribution in [0, 0.1) is 18.0 Å². The molecule has 1 saturated carbocycles. The molecule has 14 heavy (non-hydrogen) atoms. The molecule has 0 amide bonds. The lowest BCUT2D eigenvalue weighted by Crippen LogP contribution is -2.20. The van der Waals surface area contributed by atoms with E-state index in [0.29, 0.717) is 5.92 Å². The van der Waals surface area contributed by atoms with Crippen molar-refractivity contribution < 1.29 is 0 Å². The van der Waals surface area contributed by atoms with Crippen LogP contribution in [-0.2, 0) is 13.0 Å². The van der Waals surface area contributed by atoms with Gasteiger partial charge in [0.2, 0.25) is 0 Å². The molecule has 0 spiro atoms. The van der Waals surface area contributed by atoms with Crippen LogP contribution < -0.4 is 0 Å². The Bertz CT molecular complexity index is 284. The van der Waals surface area contributed by atoms with Crippen LogP contribution in [-0.4, -0.2) is 9.78 Å². The van der Waals surface area contributed by atoms with Gasteiger partial charge in [-0.25, -0.2) is 0 Å². The SMILES string of the molecule is CC(C)Cc1c[c]nn1CC1CCC1. The molecular formula is C12H19N2. The molecule has 1 aliphatic carbocycles. The van der Waals surface area contributed by atoms with Crippen LogP contribution in [0.15, 0.2) is 6.07 Å². The van der Waals surface area contributed by atoms with Crippen molar-refractivity contribution in [3.8, 4) is 0 Å². The molecule has 2 heteroatoms. The summed E-state index contributed by atoms with van der Waals surface area (Å²) in [7, 11) is 0. The van der Waals surface area contributed by atoms with E-state index in [4.69, 9.17) is 0 Å². The molecule has 0 bridgehead atoms. The minimum absolute atomic E-state index is 0.709. The maximum atomic E-state index is 4.28. The van der Waals surface area contributed by atoms with Gasteiger partial charge in [-0.1, -0.05) is 20.3 Å². The van der Waals surface area contributed by atoms with Gasteiger partial charge in [0.1, 0.15) is 6.20 Å². The van der Waals surface area contributed by atoms with Crippen LogP contribution in [0.1, 0.15) is 38.8 Å². The highest BCUT2D eigenvalue weighted by molar-refractivity contribution is 5.00. The lowest BCUT2D eigenvalue weighted by molar-refractivity contribution is 0.262. The van der Waals surface area contributed by atoms with E-state index in [9.17, 15) is 0 Å². The molecule has 1 aliphatic rings. The molecule has 1 radical (unpaired) electrons. The zero-order valence-electron chi connectivity index (χ0n) is 9.16. The molecular weight excluding hydrogens is 172 g/mol. The van der Waals surface area contributed by atoms with Crippen molar-refractivity contribution in [2.45, 2.75) is 46.1 Å². The predicted octanol–water partition coefficient (Wildman–Crippen LogP) is 2.68. The maximum Gasteiger partial charge on any atom is 0.113 e. The van der Waals surface area contributed by atoms with E-state index in [2.05, 4.69) is 29.8 Å². The Labute approximate surface area is 86.3 Å². The first-order valence-electron chi connectivity index (χ1n) is 5.68. The van der Waals surface area contributed by atoms with E-state index in [0.717, 1.165) is 18.9 Å². The van der Waals surface area contributed by atoms with E-state index in [1.807, 2.05) is 6.07 Å². The summed E-state index contributed by atoms with van der Waals surface area (Å²) in [6.07, 6.45) is 8.29. The second-order valence-corrected chi connectivity index (χ2v) is 4.84. The van der Waals surface area contributed by atoms with Gasteiger partial charge in [-0.15, -0.1) is 0 Å². The zero-order valence-corrected chi connectivity index (χ0v) is 9.16. The topological polar surface area (TPSA) is 17.8 Å². The summed E-state index contributed by atoms with van der Waals surface area (Å²) in [5.41, 5.74) is 1.35. The summed E-state index contributed by atoms with van der Waals surface area (Å²) >= 11 is 0. The summed E-state index contributed by atoms with van der Waals surface area (Å²) in [4.78, 5) is 0. The molecule has 0 aliphatic heterocycles. The summed E-state index contributed by atoms with van der Waals surface area (Å²) in [5, 5.41) is 4.28. The molecule has 2 rings (SSSR count). The van der Waals surface area contributed by atoms with Crippen LogP contribution >= 0.6 is 0 Å². The highest BCUT2D eigenvalue weighted by atomic mass is 15.3. The lowest BCUT2D eigenvalue weighted by atomic mass is 9.85. The molecule has 0 aromatic carbocycles. The molecule has 77 valence electrons. The van der Waals surface area contributed by atoms with Gasteiger partial charge in [-0.05, 0) is 37.2 Å². The van der Waals surface area contributed by atoms with E-state index < -0.39 is 0 Å². The molecule has 2 nitrogen and oxygen atoms in total. The van der Waals surface area contributed by atoms with Crippen molar-refractivity contribution in [2.24, 2.45) is 11.8 Å². The van der Waals surface area contributed by atoms with Crippen LogP contribution in [0.5, 0.6) is 0 Å². The average molecular weight is 191 g/mol. The van der Waals surface area contributed by atoms with Gasteiger partial charge in [0.15, 0.2) is 0 Å². The van der Waals surface area contributed by atoms with Crippen LogP contribution in [0.2, 0.25) is 0 Å². The third-order valence-corrected chi connectivity index (χ3v) is 3.01. The number of hydrogen-bond donors (Lipinski definition) is 0. The fraction of sp³-hybridized carbons (Fsp3) is 0.750. The van der Waals surface area contributed by atoms with Crippen LogP contribution in [0.4, 0.5) is 0 Å². The first-order valence-corrected chi connectivity index (χ1v) is 5.68. The van der Waals surface area contributed by atoms with Crippen molar-refractivity contribution in [3.63, 3.8) is 0 Å². The number of hydrogen-bond acceptors (Lipinski definition) is 1. The summed E-state index contributed by atoms with van der Waals surface area (Å²) < 4.78 is 2.16. The van der Waals surface area contributed by atoms with Crippen molar-refractivity contribution in [1.82, 2.24) is 9.78 Å². The van der Waals surface area contributed by atoms with Gasteiger partial charge < -0.3 is 0 Å². The van der Waals surface area contributed by atoms with Crippen molar-refractivity contribution in [2.75, 3.05) is 0 Å². The molecule has 0 N–H and O–H groups in total.